The van der Waals surface area contributed by atoms with Gasteiger partial charge in [-0.1, -0.05) is 11.8 Å². The Hall–Kier alpha value is -3.53. The van der Waals surface area contributed by atoms with Gasteiger partial charge in [-0.25, -0.2) is 4.68 Å². The number of nitrogens with one attached hydrogen (secondary N) is 2. The van der Waals surface area contributed by atoms with Gasteiger partial charge in [-0.05, 0) is 55.5 Å². The number of hydrogen-bond donors (Lipinski definition) is 3. The summed E-state index contributed by atoms with van der Waals surface area (Å²) in [5.41, 5.74) is 2.10. The number of nitrogen functional groups attached to an aromatic ring is 1. The minimum absolute atomic E-state index is 0.0250. The number of hydrogen-bond acceptors (Lipinski definition) is 8. The third kappa shape index (κ3) is 5.51. The van der Waals surface area contributed by atoms with Crippen molar-refractivity contribution in [2.75, 3.05) is 29.3 Å². The molecule has 0 aliphatic carbocycles. The highest BCUT2D eigenvalue weighted by Crippen LogP contribution is 2.18. The van der Waals surface area contributed by atoms with E-state index >= 15 is 0 Å². The number of ketones is 1. The molecule has 0 atom stereocenters. The fourth-order valence-corrected chi connectivity index (χ4v) is 3.21. The second kappa shape index (κ2) is 9.79. The van der Waals surface area contributed by atoms with Gasteiger partial charge in [0.15, 0.2) is 11.6 Å². The van der Waals surface area contributed by atoms with Gasteiger partial charge in [0.2, 0.25) is 11.1 Å². The van der Waals surface area contributed by atoms with Gasteiger partial charge in [0.05, 0.1) is 19.4 Å². The molecule has 0 radical (unpaired) electrons. The lowest BCUT2D eigenvalue weighted by Gasteiger charge is -2.08. The zero-order valence-electron chi connectivity index (χ0n) is 16.6. The van der Waals surface area contributed by atoms with Crippen LogP contribution >= 0.6 is 11.8 Å². The first-order valence-electron chi connectivity index (χ1n) is 9.07. The van der Waals surface area contributed by atoms with E-state index in [1.807, 2.05) is 24.3 Å². The summed E-state index contributed by atoms with van der Waals surface area (Å²) in [7, 11) is 1.61. The first-order chi connectivity index (χ1) is 14.5. The topological polar surface area (TPSA) is 124 Å². The molecule has 30 heavy (non-hydrogen) atoms. The molecule has 0 saturated heterocycles. The lowest BCUT2D eigenvalue weighted by molar-refractivity contribution is -0.113. The van der Waals surface area contributed by atoms with E-state index in [4.69, 9.17) is 10.6 Å². The van der Waals surface area contributed by atoms with E-state index in [0.717, 1.165) is 11.4 Å². The molecular formula is C20H22N6O3S. The molecule has 10 heteroatoms. The molecule has 4 N–H and O–H groups in total. The van der Waals surface area contributed by atoms with Crippen molar-refractivity contribution < 1.29 is 14.3 Å². The van der Waals surface area contributed by atoms with Gasteiger partial charge in [0, 0.05) is 16.9 Å². The Bertz CT molecular complexity index is 1020. The van der Waals surface area contributed by atoms with Crippen LogP contribution < -0.4 is 21.2 Å². The molecule has 156 valence electrons. The van der Waals surface area contributed by atoms with Crippen molar-refractivity contribution in [1.82, 2.24) is 14.9 Å². The van der Waals surface area contributed by atoms with Gasteiger partial charge in [0.1, 0.15) is 5.75 Å². The van der Waals surface area contributed by atoms with Gasteiger partial charge in [-0.15, -0.1) is 10.2 Å². The van der Waals surface area contributed by atoms with Crippen LogP contribution in [0.15, 0.2) is 53.7 Å². The standard InChI is InChI=1S/C20H22N6O3S/c1-13(27)14-3-5-16(6-4-14)23-19(28)12-30-20-25-24-18(26(20)21)11-22-15-7-9-17(29-2)10-8-15/h3-10,22H,11-12,21H2,1-2H3,(H,23,28). The van der Waals surface area contributed by atoms with Crippen LogP contribution in [0.1, 0.15) is 23.1 Å². The number of nitrogens with zero attached hydrogens (tertiary/aromatic N) is 3. The monoisotopic (exact) mass is 426 g/mol. The highest BCUT2D eigenvalue weighted by Gasteiger charge is 2.12. The van der Waals surface area contributed by atoms with E-state index in [0.29, 0.717) is 28.8 Å². The highest BCUT2D eigenvalue weighted by molar-refractivity contribution is 7.99. The number of ether oxygens (including phenoxy) is 1. The van der Waals surface area contributed by atoms with Gasteiger partial charge >= 0.3 is 0 Å². The second-order valence-corrected chi connectivity index (χ2v) is 7.26. The quantitative estimate of drug-likeness (QED) is 0.271. The smallest absolute Gasteiger partial charge is 0.234 e. The van der Waals surface area contributed by atoms with Crippen LogP contribution in [-0.2, 0) is 11.3 Å². The maximum atomic E-state index is 12.2. The molecule has 9 nitrogen and oxygen atoms in total. The Morgan fingerprint density at radius 2 is 1.73 bits per heavy atom. The van der Waals surface area contributed by atoms with Crippen LogP contribution in [0.2, 0.25) is 0 Å². The minimum atomic E-state index is -0.212. The molecule has 3 aromatic rings. The molecule has 0 unspecified atom stereocenters. The van der Waals surface area contributed by atoms with Crippen LogP contribution in [0.5, 0.6) is 5.75 Å². The highest BCUT2D eigenvalue weighted by atomic mass is 32.2. The predicted molar refractivity (Wildman–Crippen MR) is 116 cm³/mol. The molecule has 0 aliphatic rings. The summed E-state index contributed by atoms with van der Waals surface area (Å²) in [5, 5.41) is 14.5. The molecule has 1 heterocycles. The molecule has 0 fully saturated rings. The fraction of sp³-hybridized carbons (Fsp3) is 0.200. The molecule has 0 bridgehead atoms. The molecule has 1 amide bonds. The maximum Gasteiger partial charge on any atom is 0.234 e. The van der Waals surface area contributed by atoms with E-state index in [1.54, 1.807) is 31.4 Å². The number of thioether (sulfide) groups is 1. The van der Waals surface area contributed by atoms with Gasteiger partial charge in [0.25, 0.3) is 0 Å². The SMILES string of the molecule is COc1ccc(NCc2nnc(SCC(=O)Nc3ccc(C(C)=O)cc3)n2N)cc1. The fourth-order valence-electron chi connectivity index (χ4n) is 2.53. The summed E-state index contributed by atoms with van der Waals surface area (Å²) in [6, 6.07) is 14.2. The van der Waals surface area contributed by atoms with E-state index in [2.05, 4.69) is 20.8 Å². The number of anilines is 2. The zero-order chi connectivity index (χ0) is 21.5. The lowest BCUT2D eigenvalue weighted by Crippen LogP contribution is -2.18. The summed E-state index contributed by atoms with van der Waals surface area (Å²) in [5.74, 6) is 7.24. The van der Waals surface area contributed by atoms with Crippen LogP contribution in [0.3, 0.4) is 0 Å². The molecular weight excluding hydrogens is 404 g/mol. The largest absolute Gasteiger partial charge is 0.497 e. The maximum absolute atomic E-state index is 12.2. The number of amides is 1. The zero-order valence-corrected chi connectivity index (χ0v) is 17.4. The Labute approximate surface area is 178 Å². The van der Waals surface area contributed by atoms with Gasteiger partial charge in [-0.3, -0.25) is 9.59 Å². The normalized spacial score (nSPS) is 10.5. The Morgan fingerprint density at radius 1 is 1.07 bits per heavy atom. The van der Waals surface area contributed by atoms with Crippen molar-refractivity contribution >= 4 is 34.8 Å². The first-order valence-corrected chi connectivity index (χ1v) is 10.1. The van der Waals surface area contributed by atoms with Crippen molar-refractivity contribution in [2.45, 2.75) is 18.6 Å². The lowest BCUT2D eigenvalue weighted by atomic mass is 10.1. The van der Waals surface area contributed by atoms with E-state index in [1.165, 1.54) is 23.4 Å². The third-order valence-electron chi connectivity index (χ3n) is 4.18. The molecule has 0 aliphatic heterocycles. The number of nitrogens with two attached hydrogens (primary N) is 1. The molecule has 0 saturated carbocycles. The molecule has 2 aromatic carbocycles. The molecule has 0 spiro atoms. The number of Topliss-reactive ketones (excluding diaryl/α,β-unsaturated/α-hetero) is 1. The third-order valence-corrected chi connectivity index (χ3v) is 5.13. The summed E-state index contributed by atoms with van der Waals surface area (Å²) in [6.45, 7) is 1.87. The second-order valence-electron chi connectivity index (χ2n) is 6.32. The van der Waals surface area contributed by atoms with Crippen LogP contribution in [0.4, 0.5) is 11.4 Å². The van der Waals surface area contributed by atoms with Crippen molar-refractivity contribution in [3.63, 3.8) is 0 Å². The number of carbonyl (C=O) groups is 2. The molecule has 1 aromatic heterocycles. The minimum Gasteiger partial charge on any atom is -0.497 e. The molecule has 3 rings (SSSR count). The average molecular weight is 427 g/mol. The van der Waals surface area contributed by atoms with Crippen LogP contribution in [0, 0.1) is 0 Å². The van der Waals surface area contributed by atoms with Crippen molar-refractivity contribution in [2.24, 2.45) is 0 Å². The average Bonchev–Trinajstić information content (AvgIpc) is 3.11. The summed E-state index contributed by atoms with van der Waals surface area (Å²) >= 11 is 1.18. The Balaban J connectivity index is 1.50. The van der Waals surface area contributed by atoms with Crippen molar-refractivity contribution in [3.05, 3.63) is 59.9 Å². The van der Waals surface area contributed by atoms with Gasteiger partial charge < -0.3 is 21.2 Å². The summed E-state index contributed by atoms with van der Waals surface area (Å²) in [4.78, 5) is 23.5. The summed E-state index contributed by atoms with van der Waals surface area (Å²) in [6.07, 6.45) is 0. The Kier molecular flexibility index (Phi) is 6.91. The van der Waals surface area contributed by atoms with Crippen molar-refractivity contribution in [3.8, 4) is 5.75 Å². The van der Waals surface area contributed by atoms with Gasteiger partial charge in [-0.2, -0.15) is 0 Å². The number of carbonyl (C=O) groups excluding carboxylic acids is 2. The van der Waals surface area contributed by atoms with E-state index in [9.17, 15) is 9.59 Å². The van der Waals surface area contributed by atoms with E-state index in [-0.39, 0.29) is 17.4 Å². The van der Waals surface area contributed by atoms with Crippen LogP contribution in [0.25, 0.3) is 0 Å². The summed E-state index contributed by atoms with van der Waals surface area (Å²) < 4.78 is 6.49. The number of methoxy groups -OCH3 is 1. The Morgan fingerprint density at radius 3 is 2.37 bits per heavy atom. The number of rotatable bonds is 9. The first kappa shape index (κ1) is 21.2. The predicted octanol–water partition coefficient (Wildman–Crippen LogP) is 2.55. The van der Waals surface area contributed by atoms with Crippen molar-refractivity contribution in [1.29, 1.82) is 0 Å². The van der Waals surface area contributed by atoms with E-state index < -0.39 is 0 Å². The number of benzene rings is 2. The van der Waals surface area contributed by atoms with Crippen LogP contribution in [-0.4, -0.2) is 39.4 Å². The number of aromatic nitrogens is 3.